The summed E-state index contributed by atoms with van der Waals surface area (Å²) in [6, 6.07) is 19.1. The second-order valence-corrected chi connectivity index (χ2v) is 5.92. The molecule has 0 saturated heterocycles. The first-order valence-corrected chi connectivity index (χ1v) is 7.83. The summed E-state index contributed by atoms with van der Waals surface area (Å²) in [5.74, 6) is 0.768. The van der Waals surface area contributed by atoms with Gasteiger partial charge in [0.2, 0.25) is 0 Å². The van der Waals surface area contributed by atoms with Gasteiger partial charge in [0.1, 0.15) is 0 Å². The molecule has 0 unspecified atom stereocenters. The van der Waals surface area contributed by atoms with Crippen LogP contribution < -0.4 is 5.32 Å². The lowest BCUT2D eigenvalue weighted by atomic mass is 10.0. The maximum atomic E-state index is 9.59. The number of rotatable bonds is 7. The van der Waals surface area contributed by atoms with Crippen LogP contribution in [-0.2, 0) is 13.0 Å². The van der Waals surface area contributed by atoms with Gasteiger partial charge < -0.3 is 10.4 Å². The maximum absolute atomic E-state index is 9.59. The summed E-state index contributed by atoms with van der Waals surface area (Å²) >= 11 is 0. The Labute approximate surface area is 126 Å². The summed E-state index contributed by atoms with van der Waals surface area (Å²) < 4.78 is 0. The minimum absolute atomic E-state index is 0.111. The van der Waals surface area contributed by atoms with Crippen molar-refractivity contribution in [1.29, 1.82) is 0 Å². The molecule has 2 heteroatoms. The molecule has 0 heterocycles. The summed E-state index contributed by atoms with van der Waals surface area (Å²) in [6.07, 6.45) is 3.51. The molecule has 2 aromatic carbocycles. The third-order valence-corrected chi connectivity index (χ3v) is 4.20. The molecule has 0 amide bonds. The van der Waals surface area contributed by atoms with E-state index in [2.05, 4.69) is 41.7 Å². The fourth-order valence-corrected chi connectivity index (χ4v) is 2.84. The molecular formula is C19H23NO. The van der Waals surface area contributed by atoms with Crippen LogP contribution in [0.3, 0.4) is 0 Å². The van der Waals surface area contributed by atoms with Crippen LogP contribution in [0.2, 0.25) is 0 Å². The van der Waals surface area contributed by atoms with Crippen molar-refractivity contribution in [2.75, 3.05) is 6.61 Å². The molecular weight excluding hydrogens is 258 g/mol. The summed E-state index contributed by atoms with van der Waals surface area (Å²) in [4.78, 5) is 0. The summed E-state index contributed by atoms with van der Waals surface area (Å²) in [5, 5.41) is 13.1. The highest BCUT2D eigenvalue weighted by atomic mass is 16.3. The lowest BCUT2D eigenvalue weighted by Gasteiger charge is -2.18. The van der Waals surface area contributed by atoms with Gasteiger partial charge in [-0.25, -0.2) is 0 Å². The first-order valence-electron chi connectivity index (χ1n) is 7.83. The molecule has 1 aliphatic carbocycles. The van der Waals surface area contributed by atoms with Gasteiger partial charge in [-0.15, -0.1) is 0 Å². The van der Waals surface area contributed by atoms with Gasteiger partial charge in [0.25, 0.3) is 0 Å². The first kappa shape index (κ1) is 14.3. The molecule has 2 aromatic rings. The molecule has 1 atom stereocenters. The average Bonchev–Trinajstić information content (AvgIpc) is 3.37. The minimum atomic E-state index is 0.111. The predicted molar refractivity (Wildman–Crippen MR) is 86.3 cm³/mol. The Bertz CT molecular complexity index is 563. The van der Waals surface area contributed by atoms with Gasteiger partial charge in [-0.1, -0.05) is 54.6 Å². The normalized spacial score (nSPS) is 15.9. The fourth-order valence-electron chi connectivity index (χ4n) is 2.84. The molecule has 0 radical (unpaired) electrons. The maximum Gasteiger partial charge on any atom is 0.0587 e. The Morgan fingerprint density at radius 2 is 1.71 bits per heavy atom. The highest BCUT2D eigenvalue weighted by molar-refractivity contribution is 5.33. The first-order chi connectivity index (χ1) is 10.4. The van der Waals surface area contributed by atoms with E-state index in [0.29, 0.717) is 0 Å². The van der Waals surface area contributed by atoms with E-state index in [4.69, 9.17) is 0 Å². The average molecular weight is 281 g/mol. The van der Waals surface area contributed by atoms with Crippen molar-refractivity contribution in [3.8, 4) is 0 Å². The van der Waals surface area contributed by atoms with Crippen LogP contribution in [-0.4, -0.2) is 17.8 Å². The number of nitrogens with one attached hydrogen (secondary N) is 1. The smallest absolute Gasteiger partial charge is 0.0587 e. The summed E-state index contributed by atoms with van der Waals surface area (Å²) in [7, 11) is 0. The van der Waals surface area contributed by atoms with E-state index < -0.39 is 0 Å². The van der Waals surface area contributed by atoms with Gasteiger partial charge in [0.15, 0.2) is 0 Å². The van der Waals surface area contributed by atoms with E-state index in [-0.39, 0.29) is 12.6 Å². The fraction of sp³-hybridized carbons (Fsp3) is 0.368. The van der Waals surface area contributed by atoms with Crippen LogP contribution in [0, 0.1) is 0 Å². The third-order valence-electron chi connectivity index (χ3n) is 4.20. The van der Waals surface area contributed by atoms with Crippen LogP contribution in [0.15, 0.2) is 54.6 Å². The zero-order valence-corrected chi connectivity index (χ0v) is 12.3. The largest absolute Gasteiger partial charge is 0.395 e. The predicted octanol–water partition coefficient (Wildman–Crippen LogP) is 3.26. The van der Waals surface area contributed by atoms with Gasteiger partial charge in [-0.05, 0) is 41.9 Å². The second-order valence-electron chi connectivity index (χ2n) is 5.92. The molecule has 110 valence electrons. The van der Waals surface area contributed by atoms with Gasteiger partial charge in [0, 0.05) is 12.6 Å². The van der Waals surface area contributed by atoms with Crippen molar-refractivity contribution in [3.63, 3.8) is 0 Å². The minimum Gasteiger partial charge on any atom is -0.395 e. The van der Waals surface area contributed by atoms with Crippen molar-refractivity contribution < 1.29 is 5.11 Å². The monoisotopic (exact) mass is 281 g/mol. The van der Waals surface area contributed by atoms with Crippen LogP contribution in [0.4, 0.5) is 0 Å². The van der Waals surface area contributed by atoms with Gasteiger partial charge >= 0.3 is 0 Å². The van der Waals surface area contributed by atoms with E-state index in [1.54, 1.807) is 0 Å². The lowest BCUT2D eigenvalue weighted by molar-refractivity contribution is 0.240. The van der Waals surface area contributed by atoms with Gasteiger partial charge in [-0.3, -0.25) is 0 Å². The Kier molecular flexibility index (Phi) is 4.69. The Morgan fingerprint density at radius 3 is 2.43 bits per heavy atom. The Hall–Kier alpha value is -1.64. The number of aliphatic hydroxyl groups excluding tert-OH is 1. The molecule has 0 aromatic heterocycles. The molecule has 0 bridgehead atoms. The number of hydrogen-bond donors (Lipinski definition) is 2. The van der Waals surface area contributed by atoms with E-state index >= 15 is 0 Å². The highest BCUT2D eigenvalue weighted by Crippen LogP contribution is 2.41. The Morgan fingerprint density at radius 1 is 1.00 bits per heavy atom. The second kappa shape index (κ2) is 6.88. The van der Waals surface area contributed by atoms with Crippen LogP contribution in [0.1, 0.15) is 35.4 Å². The standard InChI is InChI=1S/C19H23NO/c21-14-18(12-15-6-2-1-3-7-15)20-13-17-8-4-5-9-19(17)16-10-11-16/h1-9,16,18,20-21H,10-14H2/t18-/m1/s1. The van der Waals surface area contributed by atoms with Crippen molar-refractivity contribution in [2.24, 2.45) is 0 Å². The number of aliphatic hydroxyl groups is 1. The van der Waals surface area contributed by atoms with Crippen molar-refractivity contribution >= 4 is 0 Å². The Balaban J connectivity index is 1.60. The lowest BCUT2D eigenvalue weighted by Crippen LogP contribution is -2.34. The molecule has 1 saturated carbocycles. The van der Waals surface area contributed by atoms with E-state index in [0.717, 1.165) is 18.9 Å². The van der Waals surface area contributed by atoms with Crippen molar-refractivity contribution in [2.45, 2.75) is 37.8 Å². The number of benzene rings is 2. The van der Waals surface area contributed by atoms with Gasteiger partial charge in [-0.2, -0.15) is 0 Å². The summed E-state index contributed by atoms with van der Waals surface area (Å²) in [5.41, 5.74) is 4.13. The van der Waals surface area contributed by atoms with Gasteiger partial charge in [0.05, 0.1) is 6.61 Å². The molecule has 2 N–H and O–H groups in total. The molecule has 1 fully saturated rings. The molecule has 1 aliphatic rings. The molecule has 0 aliphatic heterocycles. The third kappa shape index (κ3) is 3.93. The molecule has 3 rings (SSSR count). The highest BCUT2D eigenvalue weighted by Gasteiger charge is 2.25. The van der Waals surface area contributed by atoms with Crippen molar-refractivity contribution in [3.05, 3.63) is 71.3 Å². The number of hydrogen-bond acceptors (Lipinski definition) is 2. The zero-order chi connectivity index (χ0) is 14.5. The van der Waals surface area contributed by atoms with Crippen molar-refractivity contribution in [1.82, 2.24) is 5.32 Å². The quantitative estimate of drug-likeness (QED) is 0.816. The van der Waals surface area contributed by atoms with Crippen LogP contribution in [0.5, 0.6) is 0 Å². The summed E-state index contributed by atoms with van der Waals surface area (Å²) in [6.45, 7) is 1.01. The van der Waals surface area contributed by atoms with Crippen LogP contribution in [0.25, 0.3) is 0 Å². The topological polar surface area (TPSA) is 32.3 Å². The zero-order valence-electron chi connectivity index (χ0n) is 12.3. The molecule has 21 heavy (non-hydrogen) atoms. The molecule has 0 spiro atoms. The van der Waals surface area contributed by atoms with Crippen LogP contribution >= 0.6 is 0 Å². The van der Waals surface area contributed by atoms with E-state index in [9.17, 15) is 5.11 Å². The SMILES string of the molecule is OC[C@@H](Cc1ccccc1)NCc1ccccc1C1CC1. The molecule has 2 nitrogen and oxygen atoms in total. The van der Waals surface area contributed by atoms with E-state index in [1.807, 2.05) is 18.2 Å². The van der Waals surface area contributed by atoms with E-state index in [1.165, 1.54) is 29.5 Å².